The van der Waals surface area contributed by atoms with Crippen molar-refractivity contribution in [1.82, 2.24) is 10.6 Å². The van der Waals surface area contributed by atoms with E-state index in [0.29, 0.717) is 13.0 Å². The Morgan fingerprint density at radius 1 is 1.38 bits per heavy atom. The molecule has 0 atom stereocenters. The van der Waals surface area contributed by atoms with Crippen LogP contribution < -0.4 is 10.6 Å². The number of thiophene rings is 1. The molecule has 0 aliphatic heterocycles. The number of rotatable bonds is 4. The van der Waals surface area contributed by atoms with Crippen LogP contribution in [0.15, 0.2) is 16.8 Å². The fourth-order valence-corrected chi connectivity index (χ4v) is 1.70. The van der Waals surface area contributed by atoms with Gasteiger partial charge in [0.15, 0.2) is 0 Å². The summed E-state index contributed by atoms with van der Waals surface area (Å²) in [5.41, 5.74) is 1.06. The van der Waals surface area contributed by atoms with Crippen LogP contribution in [0.25, 0.3) is 0 Å². The quantitative estimate of drug-likeness (QED) is 0.847. The third-order valence-electron chi connectivity index (χ3n) is 1.73. The molecule has 0 aliphatic rings. The fraction of sp³-hybridized carbons (Fsp3) is 0.444. The zero-order chi connectivity index (χ0) is 12.0. The van der Waals surface area contributed by atoms with Gasteiger partial charge in [0.1, 0.15) is 6.54 Å². The van der Waals surface area contributed by atoms with Crippen molar-refractivity contribution in [3.63, 3.8) is 0 Å². The van der Waals surface area contributed by atoms with Gasteiger partial charge in [-0.3, -0.25) is 0 Å². The molecule has 0 radical (unpaired) electrons. The number of nitrogens with one attached hydrogen (secondary N) is 2. The van der Waals surface area contributed by atoms with Gasteiger partial charge in [0.2, 0.25) is 0 Å². The summed E-state index contributed by atoms with van der Waals surface area (Å²) in [5, 5.41) is 7.91. The van der Waals surface area contributed by atoms with Gasteiger partial charge >= 0.3 is 12.2 Å². The van der Waals surface area contributed by atoms with Gasteiger partial charge in [0.05, 0.1) is 0 Å². The van der Waals surface area contributed by atoms with Gasteiger partial charge in [-0.15, -0.1) is 0 Å². The first-order valence-electron chi connectivity index (χ1n) is 4.57. The van der Waals surface area contributed by atoms with Crippen molar-refractivity contribution < 1.29 is 18.0 Å². The van der Waals surface area contributed by atoms with Crippen LogP contribution in [-0.2, 0) is 6.42 Å². The monoisotopic (exact) mass is 252 g/mol. The molecule has 90 valence electrons. The molecule has 3 nitrogen and oxygen atoms in total. The van der Waals surface area contributed by atoms with Crippen LogP contribution in [-0.4, -0.2) is 25.3 Å². The molecule has 0 saturated heterocycles. The molecule has 0 bridgehead atoms. The van der Waals surface area contributed by atoms with Crippen molar-refractivity contribution in [2.75, 3.05) is 13.1 Å². The van der Waals surface area contributed by atoms with E-state index < -0.39 is 18.8 Å². The van der Waals surface area contributed by atoms with E-state index in [4.69, 9.17) is 0 Å². The van der Waals surface area contributed by atoms with Gasteiger partial charge in [0, 0.05) is 6.54 Å². The topological polar surface area (TPSA) is 41.1 Å². The van der Waals surface area contributed by atoms with Crippen molar-refractivity contribution in [3.8, 4) is 0 Å². The maximum Gasteiger partial charge on any atom is 0.405 e. The molecule has 1 heterocycles. The van der Waals surface area contributed by atoms with Crippen LogP contribution in [0.5, 0.6) is 0 Å². The van der Waals surface area contributed by atoms with Gasteiger partial charge in [-0.05, 0) is 28.8 Å². The van der Waals surface area contributed by atoms with E-state index in [1.165, 1.54) is 11.3 Å². The van der Waals surface area contributed by atoms with Gasteiger partial charge in [-0.1, -0.05) is 0 Å². The Morgan fingerprint density at radius 2 is 2.12 bits per heavy atom. The maximum atomic E-state index is 11.7. The number of alkyl halides is 3. The molecule has 1 aromatic heterocycles. The Hall–Kier alpha value is -1.24. The van der Waals surface area contributed by atoms with E-state index in [2.05, 4.69) is 5.32 Å². The third-order valence-corrected chi connectivity index (χ3v) is 2.46. The summed E-state index contributed by atoms with van der Waals surface area (Å²) >= 11 is 1.53. The maximum absolute atomic E-state index is 11.7. The molecular formula is C9H11F3N2OS. The van der Waals surface area contributed by atoms with E-state index >= 15 is 0 Å². The number of hydrogen-bond donors (Lipinski definition) is 2. The summed E-state index contributed by atoms with van der Waals surface area (Å²) < 4.78 is 35.2. The normalized spacial score (nSPS) is 11.2. The SMILES string of the molecule is O=C(NCCc1ccsc1)NCC(F)(F)F. The Balaban J connectivity index is 2.11. The molecule has 2 amide bonds. The third kappa shape index (κ3) is 5.59. The Kier molecular flexibility index (Phi) is 4.60. The van der Waals surface area contributed by atoms with E-state index in [1.807, 2.05) is 16.8 Å². The molecular weight excluding hydrogens is 241 g/mol. The molecule has 1 aromatic rings. The van der Waals surface area contributed by atoms with Crippen LogP contribution in [0.2, 0.25) is 0 Å². The minimum absolute atomic E-state index is 0.320. The van der Waals surface area contributed by atoms with Gasteiger partial charge in [-0.2, -0.15) is 24.5 Å². The number of urea groups is 1. The fourth-order valence-electron chi connectivity index (χ4n) is 0.998. The Morgan fingerprint density at radius 3 is 2.69 bits per heavy atom. The zero-order valence-electron chi connectivity index (χ0n) is 8.30. The van der Waals surface area contributed by atoms with Crippen molar-refractivity contribution in [2.24, 2.45) is 0 Å². The lowest BCUT2D eigenvalue weighted by molar-refractivity contribution is -0.122. The average Bonchev–Trinajstić information content (AvgIpc) is 2.66. The highest BCUT2D eigenvalue weighted by Gasteiger charge is 2.27. The van der Waals surface area contributed by atoms with Gasteiger partial charge in [0.25, 0.3) is 0 Å². The first-order valence-corrected chi connectivity index (χ1v) is 5.51. The molecule has 0 saturated carbocycles. The smallest absolute Gasteiger partial charge is 0.338 e. The Bertz CT molecular complexity index is 324. The first kappa shape index (κ1) is 12.8. The molecule has 16 heavy (non-hydrogen) atoms. The number of carbonyl (C=O) groups excluding carboxylic acids is 1. The van der Waals surface area contributed by atoms with Crippen molar-refractivity contribution in [3.05, 3.63) is 22.4 Å². The molecule has 0 aromatic carbocycles. The van der Waals surface area contributed by atoms with Crippen LogP contribution in [0.3, 0.4) is 0 Å². The second kappa shape index (κ2) is 5.74. The number of carbonyl (C=O) groups is 1. The highest BCUT2D eigenvalue weighted by molar-refractivity contribution is 7.07. The highest BCUT2D eigenvalue weighted by Crippen LogP contribution is 2.11. The standard InChI is InChI=1S/C9H11F3N2OS/c10-9(11,12)6-14-8(15)13-3-1-7-2-4-16-5-7/h2,4-5H,1,3,6H2,(H2,13,14,15). The van der Waals surface area contributed by atoms with Crippen molar-refractivity contribution >= 4 is 17.4 Å². The summed E-state index contributed by atoms with van der Waals surface area (Å²) in [6, 6.07) is 1.10. The number of hydrogen-bond acceptors (Lipinski definition) is 2. The second-order valence-corrected chi connectivity index (χ2v) is 3.89. The Labute approximate surface area is 94.7 Å². The molecule has 0 unspecified atom stereocenters. The summed E-state index contributed by atoms with van der Waals surface area (Å²) in [6.07, 6.45) is -3.76. The predicted octanol–water partition coefficient (Wildman–Crippen LogP) is 2.15. The molecule has 7 heteroatoms. The first-order chi connectivity index (χ1) is 7.47. The number of amides is 2. The zero-order valence-corrected chi connectivity index (χ0v) is 9.12. The summed E-state index contributed by atoms with van der Waals surface area (Å²) in [4.78, 5) is 10.9. The second-order valence-electron chi connectivity index (χ2n) is 3.11. The molecule has 0 fully saturated rings. The summed E-state index contributed by atoms with van der Waals surface area (Å²) in [6.45, 7) is -0.988. The highest BCUT2D eigenvalue weighted by atomic mass is 32.1. The van der Waals surface area contributed by atoms with Crippen LogP contribution in [0.4, 0.5) is 18.0 Å². The lowest BCUT2D eigenvalue weighted by Crippen LogP contribution is -2.41. The molecule has 1 rings (SSSR count). The summed E-state index contributed by atoms with van der Waals surface area (Å²) in [7, 11) is 0. The lowest BCUT2D eigenvalue weighted by Gasteiger charge is -2.09. The predicted molar refractivity (Wildman–Crippen MR) is 55.5 cm³/mol. The van der Waals surface area contributed by atoms with Crippen LogP contribution in [0.1, 0.15) is 5.56 Å². The van der Waals surface area contributed by atoms with Crippen LogP contribution in [0, 0.1) is 0 Å². The van der Waals surface area contributed by atoms with E-state index in [1.54, 1.807) is 5.32 Å². The largest absolute Gasteiger partial charge is 0.405 e. The average molecular weight is 252 g/mol. The van der Waals surface area contributed by atoms with Gasteiger partial charge in [-0.25, -0.2) is 4.79 Å². The minimum atomic E-state index is -4.37. The molecule has 0 spiro atoms. The van der Waals surface area contributed by atoms with Crippen molar-refractivity contribution in [1.29, 1.82) is 0 Å². The molecule has 0 aliphatic carbocycles. The van der Waals surface area contributed by atoms with E-state index in [-0.39, 0.29) is 0 Å². The van der Waals surface area contributed by atoms with E-state index in [0.717, 1.165) is 5.56 Å². The molecule has 2 N–H and O–H groups in total. The van der Waals surface area contributed by atoms with Crippen molar-refractivity contribution in [2.45, 2.75) is 12.6 Å². The lowest BCUT2D eigenvalue weighted by atomic mass is 10.2. The minimum Gasteiger partial charge on any atom is -0.338 e. The van der Waals surface area contributed by atoms with Gasteiger partial charge < -0.3 is 10.6 Å². The number of halogens is 3. The summed E-state index contributed by atoms with van der Waals surface area (Å²) in [5.74, 6) is 0. The van der Waals surface area contributed by atoms with Crippen LogP contribution >= 0.6 is 11.3 Å². The van der Waals surface area contributed by atoms with E-state index in [9.17, 15) is 18.0 Å².